The van der Waals surface area contributed by atoms with Gasteiger partial charge in [0.25, 0.3) is 0 Å². The van der Waals surface area contributed by atoms with Crippen molar-refractivity contribution in [3.63, 3.8) is 0 Å². The molecule has 3 rings (SSSR count). The Balaban J connectivity index is 1.90. The fraction of sp³-hybridized carbons (Fsp3) is 0.389. The summed E-state index contributed by atoms with van der Waals surface area (Å²) >= 11 is 6.36. The third-order valence-corrected chi connectivity index (χ3v) is 4.27. The molecule has 0 bridgehead atoms. The van der Waals surface area contributed by atoms with Crippen molar-refractivity contribution in [2.45, 2.75) is 39.2 Å². The molecule has 2 aromatic rings. The van der Waals surface area contributed by atoms with E-state index in [9.17, 15) is 0 Å². The zero-order valence-electron chi connectivity index (χ0n) is 12.6. The van der Waals surface area contributed by atoms with Crippen LogP contribution in [0.15, 0.2) is 29.8 Å². The van der Waals surface area contributed by atoms with Crippen molar-refractivity contribution < 1.29 is 0 Å². The maximum absolute atomic E-state index is 6.36. The number of fused-ring (bicyclic) bond motifs is 1. The SMILES string of the molecule is CCC(=Cc1cc2ccc(C)cc2nc1Cl)CNC1CC1. The van der Waals surface area contributed by atoms with Gasteiger partial charge in [-0.25, -0.2) is 4.98 Å². The average Bonchev–Trinajstić information content (AvgIpc) is 3.28. The van der Waals surface area contributed by atoms with Gasteiger partial charge < -0.3 is 5.32 Å². The lowest BCUT2D eigenvalue weighted by Crippen LogP contribution is -2.18. The summed E-state index contributed by atoms with van der Waals surface area (Å²) in [5.41, 5.74) is 4.56. The van der Waals surface area contributed by atoms with Crippen LogP contribution in [-0.4, -0.2) is 17.6 Å². The second-order valence-electron chi connectivity index (χ2n) is 5.88. The maximum atomic E-state index is 6.36. The largest absolute Gasteiger partial charge is 0.310 e. The quantitative estimate of drug-likeness (QED) is 0.807. The first-order valence-corrected chi connectivity index (χ1v) is 8.03. The van der Waals surface area contributed by atoms with Gasteiger partial charge in [0.05, 0.1) is 5.52 Å². The van der Waals surface area contributed by atoms with E-state index in [0.717, 1.165) is 35.5 Å². The lowest BCUT2D eigenvalue weighted by atomic mass is 10.1. The van der Waals surface area contributed by atoms with Gasteiger partial charge in [-0.1, -0.05) is 42.3 Å². The van der Waals surface area contributed by atoms with Gasteiger partial charge in [0.15, 0.2) is 0 Å². The summed E-state index contributed by atoms with van der Waals surface area (Å²) in [5.74, 6) is 0. The van der Waals surface area contributed by atoms with Crippen LogP contribution >= 0.6 is 11.6 Å². The summed E-state index contributed by atoms with van der Waals surface area (Å²) < 4.78 is 0. The zero-order valence-corrected chi connectivity index (χ0v) is 13.4. The van der Waals surface area contributed by atoms with Crippen LogP contribution in [0, 0.1) is 6.92 Å². The molecule has 0 amide bonds. The molecule has 1 heterocycles. The van der Waals surface area contributed by atoms with Crippen molar-refractivity contribution in [2.75, 3.05) is 6.54 Å². The number of aromatic nitrogens is 1. The van der Waals surface area contributed by atoms with E-state index < -0.39 is 0 Å². The summed E-state index contributed by atoms with van der Waals surface area (Å²) in [6.07, 6.45) is 5.84. The Morgan fingerprint density at radius 1 is 1.38 bits per heavy atom. The highest BCUT2D eigenvalue weighted by Gasteiger charge is 2.20. The topological polar surface area (TPSA) is 24.9 Å². The number of aryl methyl sites for hydroxylation is 1. The van der Waals surface area contributed by atoms with Crippen LogP contribution in [0.25, 0.3) is 17.0 Å². The molecule has 0 saturated heterocycles. The van der Waals surface area contributed by atoms with Crippen LogP contribution in [0.4, 0.5) is 0 Å². The standard InChI is InChI=1S/C18H21ClN2/c1-3-13(11-20-16-6-7-16)9-15-10-14-5-4-12(2)8-17(14)21-18(15)19/h4-5,8-10,16,20H,3,6-7,11H2,1-2H3. The van der Waals surface area contributed by atoms with Crippen molar-refractivity contribution in [3.05, 3.63) is 46.1 Å². The number of halogens is 1. The highest BCUT2D eigenvalue weighted by atomic mass is 35.5. The van der Waals surface area contributed by atoms with Gasteiger partial charge >= 0.3 is 0 Å². The predicted molar refractivity (Wildman–Crippen MR) is 90.8 cm³/mol. The van der Waals surface area contributed by atoms with E-state index in [4.69, 9.17) is 11.6 Å². The van der Waals surface area contributed by atoms with E-state index in [2.05, 4.69) is 54.5 Å². The first kappa shape index (κ1) is 14.6. The molecule has 0 unspecified atom stereocenters. The number of pyridine rings is 1. The highest BCUT2D eigenvalue weighted by Crippen LogP contribution is 2.24. The summed E-state index contributed by atoms with van der Waals surface area (Å²) in [5, 5.41) is 5.29. The van der Waals surface area contributed by atoms with Gasteiger partial charge in [-0.2, -0.15) is 0 Å². The molecule has 1 N–H and O–H groups in total. The molecular formula is C18H21ClN2. The van der Waals surface area contributed by atoms with E-state index in [1.807, 2.05) is 0 Å². The number of hydrogen-bond donors (Lipinski definition) is 1. The number of nitrogens with one attached hydrogen (secondary N) is 1. The van der Waals surface area contributed by atoms with Gasteiger partial charge in [-0.05, 0) is 43.9 Å². The minimum absolute atomic E-state index is 0.588. The number of benzene rings is 1. The van der Waals surface area contributed by atoms with Gasteiger partial charge in [0.1, 0.15) is 5.15 Å². The molecule has 1 aliphatic rings. The van der Waals surface area contributed by atoms with E-state index in [0.29, 0.717) is 5.15 Å². The second kappa shape index (κ2) is 6.17. The third-order valence-electron chi connectivity index (χ3n) is 3.96. The number of nitrogens with zero attached hydrogens (tertiary/aromatic N) is 1. The molecule has 21 heavy (non-hydrogen) atoms. The second-order valence-corrected chi connectivity index (χ2v) is 6.23. The fourth-order valence-corrected chi connectivity index (χ4v) is 2.63. The average molecular weight is 301 g/mol. The van der Waals surface area contributed by atoms with Crippen molar-refractivity contribution in [1.82, 2.24) is 10.3 Å². The molecule has 0 atom stereocenters. The highest BCUT2D eigenvalue weighted by molar-refractivity contribution is 6.31. The Bertz CT molecular complexity index is 687. The number of hydrogen-bond acceptors (Lipinski definition) is 2. The molecule has 1 fully saturated rings. The van der Waals surface area contributed by atoms with Crippen molar-refractivity contribution in [2.24, 2.45) is 0 Å². The predicted octanol–water partition coefficient (Wildman–Crippen LogP) is 4.74. The Labute approximate surface area is 131 Å². The number of rotatable bonds is 5. The Hall–Kier alpha value is -1.38. The van der Waals surface area contributed by atoms with Crippen LogP contribution in [-0.2, 0) is 0 Å². The minimum atomic E-state index is 0.588. The Morgan fingerprint density at radius 3 is 2.90 bits per heavy atom. The van der Waals surface area contributed by atoms with Crippen LogP contribution in [0.3, 0.4) is 0 Å². The minimum Gasteiger partial charge on any atom is -0.310 e. The lowest BCUT2D eigenvalue weighted by molar-refractivity contribution is 0.723. The van der Waals surface area contributed by atoms with Crippen LogP contribution in [0.5, 0.6) is 0 Å². The molecular weight excluding hydrogens is 280 g/mol. The molecule has 1 aromatic heterocycles. The third kappa shape index (κ3) is 3.63. The van der Waals surface area contributed by atoms with E-state index in [-0.39, 0.29) is 0 Å². The summed E-state index contributed by atoms with van der Waals surface area (Å²) in [7, 11) is 0. The summed E-state index contributed by atoms with van der Waals surface area (Å²) in [4.78, 5) is 4.53. The van der Waals surface area contributed by atoms with Crippen molar-refractivity contribution >= 4 is 28.6 Å². The molecule has 3 heteroatoms. The molecule has 1 saturated carbocycles. The van der Waals surface area contributed by atoms with Crippen molar-refractivity contribution in [1.29, 1.82) is 0 Å². The molecule has 0 spiro atoms. The first-order chi connectivity index (χ1) is 10.2. The maximum Gasteiger partial charge on any atom is 0.136 e. The summed E-state index contributed by atoms with van der Waals surface area (Å²) in [6.45, 7) is 5.21. The van der Waals surface area contributed by atoms with E-state index >= 15 is 0 Å². The molecule has 0 radical (unpaired) electrons. The van der Waals surface area contributed by atoms with E-state index in [1.54, 1.807) is 0 Å². The first-order valence-electron chi connectivity index (χ1n) is 7.65. The molecule has 110 valence electrons. The molecule has 1 aliphatic carbocycles. The van der Waals surface area contributed by atoms with Gasteiger partial charge in [-0.15, -0.1) is 0 Å². The Morgan fingerprint density at radius 2 is 2.19 bits per heavy atom. The van der Waals surface area contributed by atoms with Gasteiger partial charge in [0.2, 0.25) is 0 Å². The van der Waals surface area contributed by atoms with Crippen molar-refractivity contribution in [3.8, 4) is 0 Å². The monoisotopic (exact) mass is 300 g/mol. The summed E-state index contributed by atoms with van der Waals surface area (Å²) in [6, 6.07) is 9.16. The lowest BCUT2D eigenvalue weighted by Gasteiger charge is -2.08. The fourth-order valence-electron chi connectivity index (χ4n) is 2.43. The Kier molecular flexibility index (Phi) is 4.27. The van der Waals surface area contributed by atoms with Gasteiger partial charge in [0, 0.05) is 23.5 Å². The van der Waals surface area contributed by atoms with Crippen LogP contribution in [0.1, 0.15) is 37.3 Å². The molecule has 2 nitrogen and oxygen atoms in total. The van der Waals surface area contributed by atoms with E-state index in [1.165, 1.54) is 24.0 Å². The zero-order chi connectivity index (χ0) is 14.8. The molecule has 1 aromatic carbocycles. The van der Waals surface area contributed by atoms with Crippen LogP contribution < -0.4 is 5.32 Å². The normalized spacial score (nSPS) is 15.7. The van der Waals surface area contributed by atoms with Gasteiger partial charge in [-0.3, -0.25) is 0 Å². The smallest absolute Gasteiger partial charge is 0.136 e. The van der Waals surface area contributed by atoms with Crippen LogP contribution in [0.2, 0.25) is 5.15 Å². The molecule has 0 aliphatic heterocycles.